The number of aromatic amines is 1. The van der Waals surface area contributed by atoms with Crippen molar-refractivity contribution < 1.29 is 9.90 Å². The van der Waals surface area contributed by atoms with Gasteiger partial charge in [0.2, 0.25) is 0 Å². The highest BCUT2D eigenvalue weighted by molar-refractivity contribution is 6.30. The lowest BCUT2D eigenvalue weighted by molar-refractivity contribution is -0.140. The Morgan fingerprint density at radius 2 is 1.88 bits per heavy atom. The fraction of sp³-hybridized carbons (Fsp3) is 0.312. The first-order valence-electron chi connectivity index (χ1n) is 7.57. The molecule has 7 nitrogen and oxygen atoms in total. The van der Waals surface area contributed by atoms with Crippen molar-refractivity contribution in [3.63, 3.8) is 0 Å². The molecule has 0 unspecified atom stereocenters. The lowest BCUT2D eigenvalue weighted by atomic mass is 10.1. The summed E-state index contributed by atoms with van der Waals surface area (Å²) in [5, 5.41) is 10.8. The van der Waals surface area contributed by atoms with E-state index in [2.05, 4.69) is 9.97 Å². The van der Waals surface area contributed by atoms with Crippen molar-refractivity contribution in [1.82, 2.24) is 14.9 Å². The van der Waals surface area contributed by atoms with Crippen LogP contribution in [-0.4, -0.2) is 52.1 Å². The normalized spacial score (nSPS) is 16.1. The van der Waals surface area contributed by atoms with Crippen molar-refractivity contribution >= 4 is 23.3 Å². The summed E-state index contributed by atoms with van der Waals surface area (Å²) in [4.78, 5) is 34.3. The van der Waals surface area contributed by atoms with E-state index in [4.69, 9.17) is 11.6 Å². The van der Waals surface area contributed by atoms with Crippen LogP contribution in [0.4, 0.5) is 5.82 Å². The minimum atomic E-state index is -1.22. The number of nitrogens with zero attached hydrogens (tertiary/aromatic N) is 3. The van der Waals surface area contributed by atoms with Crippen LogP contribution in [0.25, 0.3) is 0 Å². The predicted octanol–water partition coefficient (Wildman–Crippen LogP) is 0.805. The van der Waals surface area contributed by atoms with E-state index in [9.17, 15) is 14.7 Å². The fourth-order valence-electron chi connectivity index (χ4n) is 2.67. The van der Waals surface area contributed by atoms with E-state index in [1.54, 1.807) is 29.2 Å². The van der Waals surface area contributed by atoms with Gasteiger partial charge in [-0.25, -0.2) is 4.98 Å². The summed E-state index contributed by atoms with van der Waals surface area (Å²) in [6, 6.07) is 6.54. The van der Waals surface area contributed by atoms with Gasteiger partial charge >= 0.3 is 0 Å². The van der Waals surface area contributed by atoms with E-state index < -0.39 is 6.10 Å². The first kappa shape index (κ1) is 16.5. The molecule has 1 saturated heterocycles. The Morgan fingerprint density at radius 3 is 2.50 bits per heavy atom. The molecule has 1 aromatic carbocycles. The third-order valence-corrected chi connectivity index (χ3v) is 4.25. The monoisotopic (exact) mass is 348 g/mol. The smallest absolute Gasteiger partial charge is 0.290 e. The number of hydrogen-bond acceptors (Lipinski definition) is 5. The zero-order valence-corrected chi connectivity index (χ0v) is 13.6. The highest BCUT2D eigenvalue weighted by Crippen LogP contribution is 2.19. The van der Waals surface area contributed by atoms with Gasteiger partial charge in [0.05, 0.1) is 0 Å². The summed E-state index contributed by atoms with van der Waals surface area (Å²) in [5.41, 5.74) is 0.256. The molecule has 0 saturated carbocycles. The third-order valence-electron chi connectivity index (χ3n) is 4.00. The summed E-state index contributed by atoms with van der Waals surface area (Å²) in [5.74, 6) is -0.00486. The molecule has 1 aliphatic rings. The molecule has 2 aromatic rings. The first-order valence-corrected chi connectivity index (χ1v) is 7.95. The molecule has 2 heterocycles. The van der Waals surface area contributed by atoms with Crippen LogP contribution in [0.5, 0.6) is 0 Å². The zero-order chi connectivity index (χ0) is 17.1. The number of aromatic nitrogens is 2. The second-order valence-electron chi connectivity index (χ2n) is 5.51. The first-order chi connectivity index (χ1) is 11.6. The Kier molecular flexibility index (Phi) is 4.82. The number of aliphatic hydroxyl groups is 1. The Morgan fingerprint density at radius 1 is 1.21 bits per heavy atom. The molecule has 0 aliphatic carbocycles. The Labute approximate surface area is 143 Å². The average molecular weight is 349 g/mol. The highest BCUT2D eigenvalue weighted by atomic mass is 35.5. The molecule has 0 spiro atoms. The molecule has 3 rings (SSSR count). The van der Waals surface area contributed by atoms with E-state index in [0.717, 1.165) is 0 Å². The molecular weight excluding hydrogens is 332 g/mol. The standard InChI is InChI=1S/C16H17ClN4O3/c17-12-3-1-11(2-4-12)13(22)16(24)21-9-7-20(8-10-21)14-15(23)19-6-5-18-14/h1-6,13,22H,7-10H2,(H,19,23)/t13-/m0/s1. The number of carbonyl (C=O) groups is 1. The Balaban J connectivity index is 1.64. The number of amides is 1. The predicted molar refractivity (Wildman–Crippen MR) is 90.1 cm³/mol. The molecule has 0 radical (unpaired) electrons. The van der Waals surface area contributed by atoms with E-state index >= 15 is 0 Å². The lowest BCUT2D eigenvalue weighted by Crippen LogP contribution is -2.51. The van der Waals surface area contributed by atoms with Gasteiger partial charge in [-0.2, -0.15) is 0 Å². The summed E-state index contributed by atoms with van der Waals surface area (Å²) >= 11 is 5.82. The van der Waals surface area contributed by atoms with Gasteiger partial charge in [-0.3, -0.25) is 9.59 Å². The van der Waals surface area contributed by atoms with Crippen LogP contribution in [0.1, 0.15) is 11.7 Å². The van der Waals surface area contributed by atoms with Gasteiger partial charge in [-0.05, 0) is 17.7 Å². The van der Waals surface area contributed by atoms with E-state index in [1.165, 1.54) is 12.4 Å². The van der Waals surface area contributed by atoms with Gasteiger partial charge in [0.15, 0.2) is 11.9 Å². The maximum absolute atomic E-state index is 12.4. The van der Waals surface area contributed by atoms with Gasteiger partial charge in [-0.15, -0.1) is 0 Å². The maximum Gasteiger partial charge on any atom is 0.290 e. The summed E-state index contributed by atoms with van der Waals surface area (Å²) in [6.45, 7) is 1.80. The van der Waals surface area contributed by atoms with Gasteiger partial charge in [0.1, 0.15) is 0 Å². The SMILES string of the molecule is O=C([C@@H](O)c1ccc(Cl)cc1)N1CCN(c2ncc[nH]c2=O)CC1. The van der Waals surface area contributed by atoms with Crippen LogP contribution in [-0.2, 0) is 4.79 Å². The highest BCUT2D eigenvalue weighted by Gasteiger charge is 2.28. The van der Waals surface area contributed by atoms with Crippen LogP contribution < -0.4 is 10.5 Å². The summed E-state index contributed by atoms with van der Waals surface area (Å²) in [6.07, 6.45) is 1.79. The van der Waals surface area contributed by atoms with Gasteiger partial charge in [-0.1, -0.05) is 23.7 Å². The number of carbonyl (C=O) groups excluding carboxylic acids is 1. The van der Waals surface area contributed by atoms with Crippen molar-refractivity contribution in [2.75, 3.05) is 31.1 Å². The summed E-state index contributed by atoms with van der Waals surface area (Å²) < 4.78 is 0. The average Bonchev–Trinajstić information content (AvgIpc) is 2.62. The number of piperazine rings is 1. The Bertz CT molecular complexity index is 769. The van der Waals surface area contributed by atoms with Crippen molar-refractivity contribution in [1.29, 1.82) is 0 Å². The number of halogens is 1. The topological polar surface area (TPSA) is 89.5 Å². The minimum Gasteiger partial charge on any atom is -0.378 e. The quantitative estimate of drug-likeness (QED) is 0.856. The molecular formula is C16H17ClN4O3. The van der Waals surface area contributed by atoms with Gasteiger partial charge in [0.25, 0.3) is 11.5 Å². The fourth-order valence-corrected chi connectivity index (χ4v) is 2.79. The third kappa shape index (κ3) is 3.42. The molecule has 1 aromatic heterocycles. The maximum atomic E-state index is 12.4. The van der Waals surface area contributed by atoms with Gasteiger partial charge in [0, 0.05) is 43.6 Å². The van der Waals surface area contributed by atoms with Crippen molar-refractivity contribution in [2.24, 2.45) is 0 Å². The second-order valence-corrected chi connectivity index (χ2v) is 5.94. The Hall–Kier alpha value is -2.38. The van der Waals surface area contributed by atoms with E-state index in [0.29, 0.717) is 42.6 Å². The van der Waals surface area contributed by atoms with E-state index in [1.807, 2.05) is 4.90 Å². The number of H-pyrrole nitrogens is 1. The van der Waals surface area contributed by atoms with Crippen LogP contribution in [0.15, 0.2) is 41.5 Å². The molecule has 24 heavy (non-hydrogen) atoms. The van der Waals surface area contributed by atoms with Gasteiger partial charge < -0.3 is 19.9 Å². The lowest BCUT2D eigenvalue weighted by Gasteiger charge is -2.35. The number of anilines is 1. The van der Waals surface area contributed by atoms with Crippen molar-refractivity contribution in [3.05, 3.63) is 57.6 Å². The molecule has 126 valence electrons. The van der Waals surface area contributed by atoms with Crippen LogP contribution in [0, 0.1) is 0 Å². The molecule has 8 heteroatoms. The molecule has 1 atom stereocenters. The molecule has 1 aliphatic heterocycles. The zero-order valence-electron chi connectivity index (χ0n) is 12.9. The number of rotatable bonds is 3. The minimum absolute atomic E-state index is 0.251. The van der Waals surface area contributed by atoms with Crippen LogP contribution in [0.2, 0.25) is 5.02 Å². The van der Waals surface area contributed by atoms with Crippen LogP contribution in [0.3, 0.4) is 0 Å². The number of aliphatic hydroxyl groups excluding tert-OH is 1. The second kappa shape index (κ2) is 7.02. The number of hydrogen-bond donors (Lipinski definition) is 2. The van der Waals surface area contributed by atoms with Crippen molar-refractivity contribution in [2.45, 2.75) is 6.10 Å². The summed E-state index contributed by atoms with van der Waals surface area (Å²) in [7, 11) is 0. The number of benzene rings is 1. The number of nitrogens with one attached hydrogen (secondary N) is 1. The molecule has 1 amide bonds. The van der Waals surface area contributed by atoms with Crippen LogP contribution >= 0.6 is 11.6 Å². The molecule has 0 bridgehead atoms. The molecule has 2 N–H and O–H groups in total. The van der Waals surface area contributed by atoms with Crippen molar-refractivity contribution in [3.8, 4) is 0 Å². The molecule has 1 fully saturated rings. The largest absolute Gasteiger partial charge is 0.378 e. The van der Waals surface area contributed by atoms with E-state index in [-0.39, 0.29) is 11.5 Å².